The fraction of sp³-hybridized carbons (Fsp3) is 0.222. The maximum absolute atomic E-state index is 12.7. The molecule has 3 aromatic carbocycles. The van der Waals surface area contributed by atoms with Crippen LogP contribution in [0.3, 0.4) is 0 Å². The van der Waals surface area contributed by atoms with Gasteiger partial charge in [-0.25, -0.2) is 0 Å². The van der Waals surface area contributed by atoms with Crippen molar-refractivity contribution in [2.45, 2.75) is 12.1 Å². The highest BCUT2D eigenvalue weighted by atomic mass is 32.2. The van der Waals surface area contributed by atoms with Crippen LogP contribution in [0, 0.1) is 6.92 Å². The highest BCUT2D eigenvalue weighted by molar-refractivity contribution is 7.99. The Morgan fingerprint density at radius 2 is 1.71 bits per heavy atom. The van der Waals surface area contributed by atoms with E-state index in [1.165, 1.54) is 11.8 Å². The lowest BCUT2D eigenvalue weighted by atomic mass is 10.1. The lowest BCUT2D eigenvalue weighted by molar-refractivity contribution is -0.113. The third-order valence-corrected chi connectivity index (χ3v) is 6.71. The molecular formula is C27H27N5O2S. The molecule has 0 aliphatic carbocycles. The second-order valence-corrected chi connectivity index (χ2v) is 9.27. The molecule has 1 aliphatic heterocycles. The highest BCUT2D eigenvalue weighted by Crippen LogP contribution is 2.28. The molecule has 5 rings (SSSR count). The summed E-state index contributed by atoms with van der Waals surface area (Å²) in [6, 6.07) is 26.1. The summed E-state index contributed by atoms with van der Waals surface area (Å²) in [5, 5.41) is 12.5. The smallest absolute Gasteiger partial charge is 0.234 e. The number of hydrogen-bond donors (Lipinski definition) is 1. The summed E-state index contributed by atoms with van der Waals surface area (Å²) < 4.78 is 7.42. The first-order valence-corrected chi connectivity index (χ1v) is 12.6. The minimum atomic E-state index is -0.0890. The number of ether oxygens (including phenoxy) is 1. The second kappa shape index (κ2) is 10.8. The van der Waals surface area contributed by atoms with E-state index < -0.39 is 0 Å². The molecule has 0 unspecified atom stereocenters. The zero-order valence-electron chi connectivity index (χ0n) is 19.6. The number of carbonyl (C=O) groups excluding carboxylic acids is 1. The zero-order chi connectivity index (χ0) is 24.0. The number of carbonyl (C=O) groups is 1. The number of amides is 1. The van der Waals surface area contributed by atoms with E-state index >= 15 is 0 Å². The Labute approximate surface area is 209 Å². The summed E-state index contributed by atoms with van der Waals surface area (Å²) in [5.74, 6) is 0.889. The minimum absolute atomic E-state index is 0.0890. The number of hydrogen-bond acceptors (Lipinski definition) is 6. The summed E-state index contributed by atoms with van der Waals surface area (Å²) >= 11 is 1.37. The first-order valence-electron chi connectivity index (χ1n) is 11.6. The summed E-state index contributed by atoms with van der Waals surface area (Å²) in [5.41, 5.74) is 5.00. The van der Waals surface area contributed by atoms with E-state index in [1.54, 1.807) is 0 Å². The third kappa shape index (κ3) is 5.55. The van der Waals surface area contributed by atoms with Gasteiger partial charge in [-0.15, -0.1) is 10.2 Å². The molecule has 0 saturated carbocycles. The number of thioether (sulfide) groups is 1. The number of nitrogens with zero attached hydrogens (tertiary/aromatic N) is 4. The van der Waals surface area contributed by atoms with Crippen LogP contribution >= 0.6 is 11.8 Å². The van der Waals surface area contributed by atoms with Crippen molar-refractivity contribution in [1.82, 2.24) is 14.8 Å². The van der Waals surface area contributed by atoms with Gasteiger partial charge in [0.05, 0.1) is 19.0 Å². The van der Waals surface area contributed by atoms with E-state index in [4.69, 9.17) is 4.74 Å². The van der Waals surface area contributed by atoms with Crippen LogP contribution in [0.1, 0.15) is 5.56 Å². The predicted molar refractivity (Wildman–Crippen MR) is 140 cm³/mol. The van der Waals surface area contributed by atoms with Gasteiger partial charge >= 0.3 is 0 Å². The second-order valence-electron chi connectivity index (χ2n) is 8.33. The number of aromatic nitrogens is 3. The van der Waals surface area contributed by atoms with Gasteiger partial charge < -0.3 is 15.0 Å². The SMILES string of the molecule is Cc1cccc(-c2nnc(SCC(=O)Nc3ccc(N4CCOCC4)cc3)n2-c2ccccc2)c1. The summed E-state index contributed by atoms with van der Waals surface area (Å²) in [4.78, 5) is 15.0. The fourth-order valence-electron chi connectivity index (χ4n) is 4.05. The molecule has 1 amide bonds. The van der Waals surface area contributed by atoms with Crippen LogP contribution in [-0.2, 0) is 9.53 Å². The molecule has 1 aliphatic rings. The van der Waals surface area contributed by atoms with Gasteiger partial charge in [-0.2, -0.15) is 0 Å². The molecule has 2 heterocycles. The van der Waals surface area contributed by atoms with Crippen molar-refractivity contribution in [3.63, 3.8) is 0 Å². The zero-order valence-corrected chi connectivity index (χ0v) is 20.4. The Morgan fingerprint density at radius 3 is 2.46 bits per heavy atom. The van der Waals surface area contributed by atoms with E-state index in [9.17, 15) is 4.79 Å². The Morgan fingerprint density at radius 1 is 0.943 bits per heavy atom. The van der Waals surface area contributed by atoms with Crippen molar-refractivity contribution < 1.29 is 9.53 Å². The van der Waals surface area contributed by atoms with Gasteiger partial charge in [0, 0.05) is 35.7 Å². The van der Waals surface area contributed by atoms with Crippen molar-refractivity contribution in [2.75, 3.05) is 42.3 Å². The Balaban J connectivity index is 1.29. The molecule has 4 aromatic rings. The van der Waals surface area contributed by atoms with Crippen LogP contribution in [0.25, 0.3) is 17.1 Å². The van der Waals surface area contributed by atoms with E-state index in [0.29, 0.717) is 5.16 Å². The van der Waals surface area contributed by atoms with E-state index in [-0.39, 0.29) is 11.7 Å². The number of aryl methyl sites for hydroxylation is 1. The van der Waals surface area contributed by atoms with Crippen LogP contribution in [0.2, 0.25) is 0 Å². The summed E-state index contributed by atoms with van der Waals surface area (Å²) in [7, 11) is 0. The third-order valence-electron chi connectivity index (χ3n) is 5.78. The molecule has 1 fully saturated rings. The molecule has 1 saturated heterocycles. The van der Waals surface area contributed by atoms with Crippen LogP contribution < -0.4 is 10.2 Å². The van der Waals surface area contributed by atoms with Gasteiger partial charge in [0.2, 0.25) is 5.91 Å². The monoisotopic (exact) mass is 485 g/mol. The molecule has 0 atom stereocenters. The van der Waals surface area contributed by atoms with Crippen molar-refractivity contribution in [3.05, 3.63) is 84.4 Å². The molecule has 1 N–H and O–H groups in total. The van der Waals surface area contributed by atoms with Crippen molar-refractivity contribution in [2.24, 2.45) is 0 Å². The average molecular weight is 486 g/mol. The van der Waals surface area contributed by atoms with Gasteiger partial charge in [0.1, 0.15) is 0 Å². The molecule has 1 aromatic heterocycles. The molecular weight excluding hydrogens is 458 g/mol. The first kappa shape index (κ1) is 23.1. The minimum Gasteiger partial charge on any atom is -0.378 e. The van der Waals surface area contributed by atoms with Crippen LogP contribution in [0.15, 0.2) is 84.0 Å². The van der Waals surface area contributed by atoms with Crippen LogP contribution in [0.4, 0.5) is 11.4 Å². The number of para-hydroxylation sites is 1. The topological polar surface area (TPSA) is 72.3 Å². The number of rotatable bonds is 7. The van der Waals surface area contributed by atoms with Gasteiger partial charge in [0.25, 0.3) is 0 Å². The number of morpholine rings is 1. The van der Waals surface area contributed by atoms with Crippen molar-refractivity contribution in [3.8, 4) is 17.1 Å². The van der Waals surface area contributed by atoms with Crippen molar-refractivity contribution >= 4 is 29.0 Å². The molecule has 0 bridgehead atoms. The van der Waals surface area contributed by atoms with Gasteiger partial charge in [-0.1, -0.05) is 53.7 Å². The Bertz CT molecular complexity index is 1280. The molecule has 7 nitrogen and oxygen atoms in total. The van der Waals surface area contributed by atoms with Crippen LogP contribution in [-0.4, -0.2) is 52.7 Å². The van der Waals surface area contributed by atoms with Gasteiger partial charge in [-0.05, 0) is 49.4 Å². The summed E-state index contributed by atoms with van der Waals surface area (Å²) in [6.45, 7) is 5.31. The molecule has 178 valence electrons. The molecule has 35 heavy (non-hydrogen) atoms. The first-order chi connectivity index (χ1) is 17.2. The average Bonchev–Trinajstić information content (AvgIpc) is 3.33. The fourth-order valence-corrected chi connectivity index (χ4v) is 4.80. The molecule has 0 spiro atoms. The molecule has 0 radical (unpaired) electrons. The normalized spacial score (nSPS) is 13.6. The van der Waals surface area contributed by atoms with Gasteiger partial charge in [-0.3, -0.25) is 9.36 Å². The Kier molecular flexibility index (Phi) is 7.11. The van der Waals surface area contributed by atoms with E-state index in [0.717, 1.165) is 60.3 Å². The lowest BCUT2D eigenvalue weighted by Crippen LogP contribution is -2.36. The van der Waals surface area contributed by atoms with E-state index in [2.05, 4.69) is 39.5 Å². The van der Waals surface area contributed by atoms with Crippen molar-refractivity contribution in [1.29, 1.82) is 0 Å². The van der Waals surface area contributed by atoms with Crippen LogP contribution in [0.5, 0.6) is 0 Å². The quantitative estimate of drug-likeness (QED) is 0.379. The Hall–Kier alpha value is -3.62. The lowest BCUT2D eigenvalue weighted by Gasteiger charge is -2.28. The number of anilines is 2. The van der Waals surface area contributed by atoms with Gasteiger partial charge in [0.15, 0.2) is 11.0 Å². The highest BCUT2D eigenvalue weighted by Gasteiger charge is 2.18. The predicted octanol–water partition coefficient (Wildman–Crippen LogP) is 4.81. The maximum atomic E-state index is 12.7. The largest absolute Gasteiger partial charge is 0.378 e. The number of nitrogens with one attached hydrogen (secondary N) is 1. The summed E-state index contributed by atoms with van der Waals surface area (Å²) in [6.07, 6.45) is 0. The van der Waals surface area contributed by atoms with E-state index in [1.807, 2.05) is 71.3 Å². The number of benzene rings is 3. The maximum Gasteiger partial charge on any atom is 0.234 e. The standard InChI is InChI=1S/C27H27N5O2S/c1-20-6-5-7-21(18-20)26-29-30-27(32(26)24-8-3-2-4-9-24)35-19-25(33)28-22-10-12-23(13-11-22)31-14-16-34-17-15-31/h2-13,18H,14-17,19H2,1H3,(H,28,33). The molecule has 8 heteroatoms.